The highest BCUT2D eigenvalue weighted by atomic mass is 32.3. The van der Waals surface area contributed by atoms with Gasteiger partial charge >= 0.3 is 5.97 Å². The highest BCUT2D eigenvalue weighted by molar-refractivity contribution is 8.20. The molecule has 0 amide bonds. The summed E-state index contributed by atoms with van der Waals surface area (Å²) in [5, 5.41) is 18.2. The normalized spacial score (nSPS) is 24.9. The van der Waals surface area contributed by atoms with Crippen molar-refractivity contribution in [2.75, 3.05) is 6.54 Å². The van der Waals surface area contributed by atoms with Crippen molar-refractivity contribution in [1.29, 1.82) is 0 Å². The maximum Gasteiger partial charge on any atom is 0.335 e. The van der Waals surface area contributed by atoms with Crippen molar-refractivity contribution >= 4 is 16.9 Å². The quantitative estimate of drug-likeness (QED) is 0.551. The van der Waals surface area contributed by atoms with E-state index in [1.165, 1.54) is 16.4 Å². The van der Waals surface area contributed by atoms with Gasteiger partial charge in [-0.3, -0.25) is 9.11 Å². The van der Waals surface area contributed by atoms with Gasteiger partial charge in [-0.2, -0.15) is 9.03 Å². The van der Waals surface area contributed by atoms with E-state index in [1.807, 2.05) is 0 Å². The van der Waals surface area contributed by atoms with Gasteiger partial charge in [0.05, 0.1) is 12.1 Å². The Bertz CT molecular complexity index is 467. The van der Waals surface area contributed by atoms with Gasteiger partial charge in [0, 0.05) is 6.54 Å². The van der Waals surface area contributed by atoms with Crippen LogP contribution in [0.15, 0.2) is 24.3 Å². The monoisotopic (exact) mass is 274 g/mol. The molecule has 1 aromatic carbocycles. The van der Waals surface area contributed by atoms with Gasteiger partial charge in [0.1, 0.15) is 6.23 Å². The summed E-state index contributed by atoms with van der Waals surface area (Å²) in [6.45, 7) is 0.215. The molecule has 0 spiro atoms. The van der Waals surface area contributed by atoms with E-state index in [0.717, 1.165) is 0 Å². The van der Waals surface area contributed by atoms with E-state index in [0.29, 0.717) is 5.56 Å². The predicted octanol–water partition coefficient (Wildman–Crippen LogP) is 0.689. The van der Waals surface area contributed by atoms with E-state index >= 15 is 0 Å². The van der Waals surface area contributed by atoms with Crippen LogP contribution in [-0.2, 0) is 6.54 Å². The number of β-amino-alcohol motifs (C(OH)–C–C–N with tert-alkyl or cyclic N) is 1. The first-order valence-corrected chi connectivity index (χ1v) is 6.70. The Balaban J connectivity index is 2.14. The molecule has 1 aliphatic rings. The number of aliphatic hydroxyl groups excluding tert-OH is 1. The third kappa shape index (κ3) is 2.80. The average Bonchev–Trinajstić information content (AvgIpc) is 2.52. The summed E-state index contributed by atoms with van der Waals surface area (Å²) < 4.78 is 22.8. The molecule has 1 unspecified atom stereocenters. The molecule has 1 atom stereocenters. The van der Waals surface area contributed by atoms with E-state index < -0.39 is 23.2 Å². The maximum absolute atomic E-state index is 10.8. The molecule has 0 bridgehead atoms. The molecule has 0 aromatic heterocycles. The molecule has 0 radical (unpaired) electrons. The van der Waals surface area contributed by atoms with Gasteiger partial charge in [0.2, 0.25) is 0 Å². The van der Waals surface area contributed by atoms with E-state index in [-0.39, 0.29) is 18.7 Å². The second-order valence-electron chi connectivity index (χ2n) is 3.98. The number of rotatable bonds is 3. The van der Waals surface area contributed by atoms with Crippen LogP contribution in [0.25, 0.3) is 0 Å². The third-order valence-electron chi connectivity index (χ3n) is 2.56. The van der Waals surface area contributed by atoms with Crippen LogP contribution in [0, 0.1) is 0 Å². The van der Waals surface area contributed by atoms with Crippen LogP contribution in [-0.4, -0.2) is 42.4 Å². The minimum Gasteiger partial charge on any atom is -0.478 e. The zero-order chi connectivity index (χ0) is 13.3. The van der Waals surface area contributed by atoms with Crippen molar-refractivity contribution in [2.24, 2.45) is 0 Å². The molecular weight excluding hydrogens is 260 g/mol. The maximum atomic E-state index is 10.8. The standard InChI is InChI=1S/C10H14N2O5S/c13-9-6-12(18(16,17)11-9)5-7-2-1-3-8(4-7)10(14)15/h1-4,9,11,13,16-17H,5-6H2,(H,14,15). The first-order chi connectivity index (χ1) is 8.38. The Morgan fingerprint density at radius 2 is 2.22 bits per heavy atom. The smallest absolute Gasteiger partial charge is 0.335 e. The minimum atomic E-state index is -3.18. The minimum absolute atomic E-state index is 0.0691. The summed E-state index contributed by atoms with van der Waals surface area (Å²) in [6.07, 6.45) is -1.00. The SMILES string of the molecule is O=C(O)c1cccc(CN2CC(O)NS2(O)O)c1. The fourth-order valence-corrected chi connectivity index (χ4v) is 3.02. The van der Waals surface area contributed by atoms with Crippen LogP contribution in [0.1, 0.15) is 15.9 Å². The van der Waals surface area contributed by atoms with Crippen molar-refractivity contribution in [2.45, 2.75) is 12.8 Å². The molecule has 0 saturated carbocycles. The average molecular weight is 274 g/mol. The first kappa shape index (κ1) is 13.3. The topological polar surface area (TPSA) is 113 Å². The number of benzene rings is 1. The summed E-state index contributed by atoms with van der Waals surface area (Å²) in [5.74, 6) is -1.04. The Kier molecular flexibility index (Phi) is 3.57. The Hall–Kier alpha value is -1.16. The van der Waals surface area contributed by atoms with Crippen LogP contribution in [0.5, 0.6) is 0 Å². The lowest BCUT2D eigenvalue weighted by atomic mass is 10.1. The molecular formula is C10H14N2O5S. The fraction of sp³-hybridized carbons (Fsp3) is 0.300. The van der Waals surface area contributed by atoms with E-state index in [1.54, 1.807) is 12.1 Å². The largest absolute Gasteiger partial charge is 0.478 e. The van der Waals surface area contributed by atoms with Crippen molar-refractivity contribution < 1.29 is 24.1 Å². The lowest BCUT2D eigenvalue weighted by molar-refractivity contribution is 0.0696. The lowest BCUT2D eigenvalue weighted by Gasteiger charge is -2.35. The van der Waals surface area contributed by atoms with Gasteiger partial charge < -0.3 is 10.2 Å². The van der Waals surface area contributed by atoms with Crippen molar-refractivity contribution in [1.82, 2.24) is 9.03 Å². The summed E-state index contributed by atoms with van der Waals surface area (Å²) >= 11 is 0. The molecule has 7 nitrogen and oxygen atoms in total. The van der Waals surface area contributed by atoms with Gasteiger partial charge in [0.25, 0.3) is 0 Å². The molecule has 5 N–H and O–H groups in total. The summed E-state index contributed by atoms with van der Waals surface area (Å²) in [5.41, 5.74) is 0.766. The fourth-order valence-electron chi connectivity index (χ4n) is 1.75. The van der Waals surface area contributed by atoms with Crippen LogP contribution < -0.4 is 4.72 Å². The van der Waals surface area contributed by atoms with Crippen LogP contribution in [0.3, 0.4) is 0 Å². The van der Waals surface area contributed by atoms with Crippen molar-refractivity contribution in [3.63, 3.8) is 0 Å². The van der Waals surface area contributed by atoms with Gasteiger partial charge in [-0.05, 0) is 17.7 Å². The van der Waals surface area contributed by atoms with E-state index in [2.05, 4.69) is 4.72 Å². The summed E-state index contributed by atoms with van der Waals surface area (Å²) in [4.78, 5) is 10.8. The molecule has 0 aliphatic carbocycles. The second kappa shape index (κ2) is 4.84. The number of hydrogen-bond acceptors (Lipinski definition) is 6. The molecule has 8 heteroatoms. The molecule has 2 rings (SSSR count). The predicted molar refractivity (Wildman–Crippen MR) is 65.8 cm³/mol. The number of nitrogens with zero attached hydrogens (tertiary/aromatic N) is 1. The summed E-state index contributed by atoms with van der Waals surface area (Å²) in [7, 11) is -3.18. The van der Waals surface area contributed by atoms with Crippen LogP contribution in [0.2, 0.25) is 0 Å². The summed E-state index contributed by atoms with van der Waals surface area (Å²) in [6, 6.07) is 6.20. The second-order valence-corrected chi connectivity index (χ2v) is 5.77. The number of aliphatic hydroxyl groups is 1. The van der Waals surface area contributed by atoms with Gasteiger partial charge in [-0.1, -0.05) is 23.1 Å². The molecule has 18 heavy (non-hydrogen) atoms. The van der Waals surface area contributed by atoms with Gasteiger partial charge in [0.15, 0.2) is 0 Å². The van der Waals surface area contributed by atoms with E-state index in [4.69, 9.17) is 5.11 Å². The number of aromatic carboxylic acids is 1. The Labute approximate surface area is 105 Å². The molecule has 100 valence electrons. The number of hydrogen-bond donors (Lipinski definition) is 5. The zero-order valence-corrected chi connectivity index (χ0v) is 10.2. The van der Waals surface area contributed by atoms with Crippen LogP contribution in [0.4, 0.5) is 0 Å². The van der Waals surface area contributed by atoms with Crippen molar-refractivity contribution in [3.05, 3.63) is 35.4 Å². The number of carbonyl (C=O) groups is 1. The molecule has 1 aliphatic heterocycles. The Morgan fingerprint density at radius 3 is 2.78 bits per heavy atom. The van der Waals surface area contributed by atoms with Crippen LogP contribution >= 0.6 is 11.0 Å². The lowest BCUT2D eigenvalue weighted by Crippen LogP contribution is -2.25. The number of carboxylic acids is 1. The number of carboxylic acid groups (broad SMARTS) is 1. The van der Waals surface area contributed by atoms with Gasteiger partial charge in [-0.15, -0.1) is 0 Å². The Morgan fingerprint density at radius 1 is 1.50 bits per heavy atom. The zero-order valence-electron chi connectivity index (χ0n) is 9.35. The molecule has 1 aromatic rings. The van der Waals surface area contributed by atoms with E-state index in [9.17, 15) is 19.0 Å². The van der Waals surface area contributed by atoms with Gasteiger partial charge in [-0.25, -0.2) is 4.79 Å². The van der Waals surface area contributed by atoms with Crippen molar-refractivity contribution in [3.8, 4) is 0 Å². The highest BCUT2D eigenvalue weighted by Crippen LogP contribution is 2.44. The molecule has 1 fully saturated rings. The third-order valence-corrected chi connectivity index (χ3v) is 4.15. The molecule has 1 heterocycles. The highest BCUT2D eigenvalue weighted by Gasteiger charge is 2.34. The first-order valence-electron chi connectivity index (χ1n) is 5.19. The number of nitrogens with one attached hydrogen (secondary N) is 1. The molecule has 1 saturated heterocycles.